The molecule has 0 spiro atoms. The zero-order valence-corrected chi connectivity index (χ0v) is 22.5. The van der Waals surface area contributed by atoms with E-state index < -0.39 is 23.9 Å². The smallest absolute Gasteiger partial charge is 0.198 e. The molecule has 6 heteroatoms. The summed E-state index contributed by atoms with van der Waals surface area (Å²) in [6.45, 7) is 1.20. The van der Waals surface area contributed by atoms with Crippen molar-refractivity contribution in [3.8, 4) is 0 Å². The topological polar surface area (TPSA) is 74.0 Å². The summed E-state index contributed by atoms with van der Waals surface area (Å²) in [4.78, 5) is 0. The second kappa shape index (κ2) is 13.4. The zero-order chi connectivity index (χ0) is 26.9. The average Bonchev–Trinajstić information content (AvgIpc) is 2.97. The number of hydrogen-bond donors (Lipinski definition) is 1. The van der Waals surface area contributed by atoms with E-state index in [1.54, 1.807) is 0 Å². The van der Waals surface area contributed by atoms with Crippen molar-refractivity contribution >= 4 is 5.71 Å². The molecule has 0 radical (unpaired) electrons. The molecule has 0 unspecified atom stereocenters. The molecule has 3 aromatic rings. The van der Waals surface area contributed by atoms with Crippen molar-refractivity contribution in [1.82, 2.24) is 0 Å². The fourth-order valence-corrected chi connectivity index (χ4v) is 5.66. The Morgan fingerprint density at radius 3 is 1.72 bits per heavy atom. The Morgan fingerprint density at radius 2 is 1.18 bits per heavy atom. The summed E-state index contributed by atoms with van der Waals surface area (Å²) in [5.41, 5.74) is 2.74. The highest BCUT2D eigenvalue weighted by Gasteiger charge is 2.48. The standard InChI is InChI=1S/C33H39NO5/c35-33(19-11-4-12-20-33)21-29-31(38-24-27-15-7-2-8-16-27)32(39-25-28-17-9-3-10-18-28)30(22-34(29)36)37-23-26-13-5-1-6-14-26/h1-3,5-10,13-18,30-32,35H,4,11-12,19-25H2/t30-,31-,32-/m1/s1. The lowest BCUT2D eigenvalue weighted by Gasteiger charge is -2.39. The molecule has 2 aliphatic rings. The highest BCUT2D eigenvalue weighted by atomic mass is 16.6. The van der Waals surface area contributed by atoms with Gasteiger partial charge in [-0.15, -0.1) is 0 Å². The summed E-state index contributed by atoms with van der Waals surface area (Å²) in [6.07, 6.45) is 3.06. The van der Waals surface area contributed by atoms with Gasteiger partial charge in [0.2, 0.25) is 0 Å². The van der Waals surface area contributed by atoms with Gasteiger partial charge in [-0.2, -0.15) is 0 Å². The Kier molecular flexibility index (Phi) is 9.43. The first-order valence-electron chi connectivity index (χ1n) is 14.1. The summed E-state index contributed by atoms with van der Waals surface area (Å²) in [5.74, 6) is 0. The molecular formula is C33H39NO5. The largest absolute Gasteiger partial charge is 0.624 e. The second-order valence-corrected chi connectivity index (χ2v) is 10.8. The van der Waals surface area contributed by atoms with E-state index in [1.807, 2.05) is 91.0 Å². The van der Waals surface area contributed by atoms with E-state index in [0.717, 1.165) is 40.7 Å². The number of rotatable bonds is 11. The fourth-order valence-electron chi connectivity index (χ4n) is 5.66. The van der Waals surface area contributed by atoms with Gasteiger partial charge in [0, 0.05) is 0 Å². The molecule has 39 heavy (non-hydrogen) atoms. The Morgan fingerprint density at radius 1 is 0.692 bits per heavy atom. The number of benzene rings is 3. The van der Waals surface area contributed by atoms with Gasteiger partial charge in [0.15, 0.2) is 18.4 Å². The lowest BCUT2D eigenvalue weighted by Crippen LogP contribution is -2.57. The van der Waals surface area contributed by atoms with Gasteiger partial charge < -0.3 is 24.5 Å². The Balaban J connectivity index is 1.43. The van der Waals surface area contributed by atoms with Crippen molar-refractivity contribution in [3.05, 3.63) is 113 Å². The number of nitrogens with zero attached hydrogens (tertiary/aromatic N) is 1. The minimum atomic E-state index is -0.897. The van der Waals surface area contributed by atoms with Crippen LogP contribution in [0.3, 0.4) is 0 Å². The lowest BCUT2D eigenvalue weighted by molar-refractivity contribution is -0.490. The molecule has 0 saturated heterocycles. The zero-order valence-electron chi connectivity index (χ0n) is 22.5. The molecule has 5 rings (SSSR count). The van der Waals surface area contributed by atoms with E-state index in [1.165, 1.54) is 0 Å². The molecule has 6 nitrogen and oxygen atoms in total. The van der Waals surface area contributed by atoms with E-state index in [4.69, 9.17) is 14.2 Å². The monoisotopic (exact) mass is 529 g/mol. The van der Waals surface area contributed by atoms with Crippen molar-refractivity contribution in [3.63, 3.8) is 0 Å². The number of hydroxylamine groups is 1. The van der Waals surface area contributed by atoms with Gasteiger partial charge in [-0.1, -0.05) is 110 Å². The van der Waals surface area contributed by atoms with Crippen LogP contribution < -0.4 is 0 Å². The van der Waals surface area contributed by atoms with Crippen molar-refractivity contribution in [1.29, 1.82) is 0 Å². The molecule has 1 aliphatic heterocycles. The first-order valence-corrected chi connectivity index (χ1v) is 14.1. The maximum atomic E-state index is 13.6. The summed E-state index contributed by atoms with van der Waals surface area (Å²) in [7, 11) is 0. The maximum Gasteiger partial charge on any atom is 0.198 e. The molecular weight excluding hydrogens is 490 g/mol. The first-order chi connectivity index (χ1) is 19.1. The molecule has 0 amide bonds. The predicted octanol–water partition coefficient (Wildman–Crippen LogP) is 5.79. The van der Waals surface area contributed by atoms with Gasteiger partial charge in [-0.05, 0) is 29.5 Å². The van der Waals surface area contributed by atoms with E-state index in [-0.39, 0.29) is 13.0 Å². The molecule has 1 saturated carbocycles. The molecule has 0 aromatic heterocycles. The molecule has 3 atom stereocenters. The molecule has 1 fully saturated rings. The van der Waals surface area contributed by atoms with Gasteiger partial charge in [0.25, 0.3) is 0 Å². The number of aliphatic hydroxyl groups is 1. The predicted molar refractivity (Wildman–Crippen MR) is 151 cm³/mol. The van der Waals surface area contributed by atoms with Gasteiger partial charge in [0.05, 0.1) is 31.8 Å². The van der Waals surface area contributed by atoms with E-state index >= 15 is 0 Å². The summed E-state index contributed by atoms with van der Waals surface area (Å²) >= 11 is 0. The van der Waals surface area contributed by atoms with Crippen LogP contribution in [0.1, 0.15) is 55.2 Å². The highest BCUT2D eigenvalue weighted by molar-refractivity contribution is 5.86. The second-order valence-electron chi connectivity index (χ2n) is 10.8. The quantitative estimate of drug-likeness (QED) is 0.251. The van der Waals surface area contributed by atoms with Crippen molar-refractivity contribution in [2.75, 3.05) is 6.54 Å². The number of hydrogen-bond acceptors (Lipinski definition) is 5. The minimum Gasteiger partial charge on any atom is -0.624 e. The molecule has 0 bridgehead atoms. The Labute approximate surface area is 231 Å². The Hall–Kier alpha value is -3.03. The van der Waals surface area contributed by atoms with E-state index in [9.17, 15) is 10.3 Å². The average molecular weight is 530 g/mol. The van der Waals surface area contributed by atoms with Gasteiger partial charge >= 0.3 is 0 Å². The van der Waals surface area contributed by atoms with Crippen LogP contribution in [-0.2, 0) is 34.0 Å². The highest BCUT2D eigenvalue weighted by Crippen LogP contribution is 2.34. The van der Waals surface area contributed by atoms with Crippen LogP contribution in [0.4, 0.5) is 0 Å². The Bertz CT molecular complexity index is 1180. The third-order valence-electron chi connectivity index (χ3n) is 7.82. The molecule has 1 aliphatic carbocycles. The number of ether oxygens (including phenoxy) is 3. The van der Waals surface area contributed by atoms with Crippen molar-refractivity contribution < 1.29 is 24.1 Å². The van der Waals surface area contributed by atoms with Crippen LogP contribution in [0.2, 0.25) is 0 Å². The molecule has 1 N–H and O–H groups in total. The lowest BCUT2D eigenvalue weighted by atomic mass is 9.79. The van der Waals surface area contributed by atoms with Gasteiger partial charge in [-0.3, -0.25) is 0 Å². The maximum absolute atomic E-state index is 13.6. The van der Waals surface area contributed by atoms with Crippen LogP contribution in [0.25, 0.3) is 0 Å². The first kappa shape index (κ1) is 27.5. The van der Waals surface area contributed by atoms with Crippen LogP contribution >= 0.6 is 0 Å². The minimum absolute atomic E-state index is 0.128. The van der Waals surface area contributed by atoms with Crippen LogP contribution in [-0.4, -0.2) is 46.0 Å². The molecule has 3 aromatic carbocycles. The van der Waals surface area contributed by atoms with Crippen LogP contribution in [0.5, 0.6) is 0 Å². The summed E-state index contributed by atoms with van der Waals surface area (Å²) in [5, 5.41) is 25.1. The van der Waals surface area contributed by atoms with Gasteiger partial charge in [-0.25, -0.2) is 4.74 Å². The normalized spacial score (nSPS) is 23.1. The van der Waals surface area contributed by atoms with Crippen molar-refractivity contribution in [2.24, 2.45) is 0 Å². The van der Waals surface area contributed by atoms with Crippen LogP contribution in [0, 0.1) is 5.21 Å². The van der Waals surface area contributed by atoms with Crippen LogP contribution in [0.15, 0.2) is 91.0 Å². The van der Waals surface area contributed by atoms with E-state index in [2.05, 4.69) is 0 Å². The summed E-state index contributed by atoms with van der Waals surface area (Å²) in [6, 6.07) is 29.9. The van der Waals surface area contributed by atoms with Crippen molar-refractivity contribution in [2.45, 2.75) is 82.3 Å². The molecule has 206 valence electrons. The third-order valence-corrected chi connectivity index (χ3v) is 7.82. The van der Waals surface area contributed by atoms with E-state index in [0.29, 0.717) is 38.4 Å². The fraction of sp³-hybridized carbons (Fsp3) is 0.424. The molecule has 1 heterocycles. The van der Waals surface area contributed by atoms with Gasteiger partial charge in [0.1, 0.15) is 12.2 Å². The third kappa shape index (κ3) is 7.55. The summed E-state index contributed by atoms with van der Waals surface area (Å²) < 4.78 is 20.4. The SMILES string of the molecule is [O-][N+]1=C(CC2(O)CCCCC2)[C@@H](OCc2ccccc2)[C@H](OCc2ccccc2)[C@H](OCc2ccccc2)C1.